The quantitative estimate of drug-likeness (QED) is 0.428. The van der Waals surface area contributed by atoms with Crippen LogP contribution in [0.15, 0.2) is 46.9 Å². The summed E-state index contributed by atoms with van der Waals surface area (Å²) in [7, 11) is 0. The molecule has 3 aliphatic rings. The summed E-state index contributed by atoms with van der Waals surface area (Å²) < 4.78 is 0. The molecule has 8 nitrogen and oxygen atoms in total. The third kappa shape index (κ3) is 2.08. The van der Waals surface area contributed by atoms with Crippen molar-refractivity contribution in [1.29, 1.82) is 0 Å². The van der Waals surface area contributed by atoms with Gasteiger partial charge >= 0.3 is 0 Å². The maximum Gasteiger partial charge on any atom is 0.255 e. The van der Waals surface area contributed by atoms with Crippen LogP contribution in [0, 0.1) is 11.8 Å². The molecule has 0 heterocycles. The van der Waals surface area contributed by atoms with Crippen molar-refractivity contribution in [3.8, 4) is 0 Å². The van der Waals surface area contributed by atoms with Gasteiger partial charge < -0.3 is 26.8 Å². The SMILES string of the molecule is NC(=O)C1=C(O)[C@@H](N)[C@@H]2C[C@@H]3Cc4ccccc4C(=O)C3=C(O)[C@]2(O)C1=O. The fourth-order valence-electron chi connectivity index (χ4n) is 4.56. The number of rotatable bonds is 1. The van der Waals surface area contributed by atoms with Crippen molar-refractivity contribution in [2.24, 2.45) is 23.3 Å². The van der Waals surface area contributed by atoms with E-state index < -0.39 is 58.0 Å². The van der Waals surface area contributed by atoms with Gasteiger partial charge in [0.1, 0.15) is 17.1 Å². The highest BCUT2D eigenvalue weighted by molar-refractivity contribution is 6.24. The third-order valence-corrected chi connectivity index (χ3v) is 5.90. The number of primary amides is 1. The summed E-state index contributed by atoms with van der Waals surface area (Å²) in [6, 6.07) is 5.60. The van der Waals surface area contributed by atoms with Crippen LogP contribution in [0.4, 0.5) is 0 Å². The summed E-state index contributed by atoms with van der Waals surface area (Å²) in [5.74, 6) is -6.07. The normalized spacial score (nSPS) is 32.7. The zero-order chi connectivity index (χ0) is 19.7. The molecule has 1 aromatic rings. The van der Waals surface area contributed by atoms with Gasteiger partial charge in [-0.1, -0.05) is 24.3 Å². The number of fused-ring (bicyclic) bond motifs is 3. The lowest BCUT2D eigenvalue weighted by molar-refractivity contribution is -0.145. The Morgan fingerprint density at radius 3 is 2.52 bits per heavy atom. The van der Waals surface area contributed by atoms with Gasteiger partial charge in [-0.3, -0.25) is 14.4 Å². The molecule has 1 aromatic carbocycles. The minimum absolute atomic E-state index is 0.0572. The number of carbonyl (C=O) groups is 3. The van der Waals surface area contributed by atoms with E-state index in [1.165, 1.54) is 0 Å². The maximum atomic E-state index is 12.9. The minimum Gasteiger partial charge on any atom is -0.510 e. The Bertz CT molecular complexity index is 978. The molecule has 7 N–H and O–H groups in total. The van der Waals surface area contributed by atoms with Gasteiger partial charge in [0.05, 0.1) is 6.04 Å². The lowest BCUT2D eigenvalue weighted by atomic mass is 9.59. The Kier molecular flexibility index (Phi) is 3.56. The molecule has 0 unspecified atom stereocenters. The van der Waals surface area contributed by atoms with Crippen molar-refractivity contribution in [3.05, 3.63) is 58.1 Å². The molecule has 0 saturated heterocycles. The Morgan fingerprint density at radius 2 is 1.85 bits per heavy atom. The van der Waals surface area contributed by atoms with E-state index >= 15 is 0 Å². The number of aliphatic hydroxyl groups is 3. The number of benzene rings is 1. The van der Waals surface area contributed by atoms with Gasteiger partial charge in [0.15, 0.2) is 11.4 Å². The highest BCUT2D eigenvalue weighted by Gasteiger charge is 2.61. The number of amides is 1. The summed E-state index contributed by atoms with van der Waals surface area (Å²) in [4.78, 5) is 37.3. The molecule has 0 bridgehead atoms. The second-order valence-corrected chi connectivity index (χ2v) is 7.24. The van der Waals surface area contributed by atoms with E-state index in [1.807, 2.05) is 0 Å². The largest absolute Gasteiger partial charge is 0.510 e. The molecule has 4 rings (SSSR count). The van der Waals surface area contributed by atoms with Crippen LogP contribution in [-0.4, -0.2) is 44.4 Å². The second kappa shape index (κ2) is 5.51. The van der Waals surface area contributed by atoms with Crippen molar-refractivity contribution in [2.75, 3.05) is 0 Å². The molecule has 0 saturated carbocycles. The molecule has 0 fully saturated rings. The van der Waals surface area contributed by atoms with Crippen molar-refractivity contribution >= 4 is 17.5 Å². The van der Waals surface area contributed by atoms with Crippen LogP contribution in [0.2, 0.25) is 0 Å². The van der Waals surface area contributed by atoms with Gasteiger partial charge in [0.25, 0.3) is 5.91 Å². The molecule has 27 heavy (non-hydrogen) atoms. The number of ketones is 2. The van der Waals surface area contributed by atoms with Crippen LogP contribution >= 0.6 is 0 Å². The number of Topliss-reactive ketones (excluding diaryl/α,β-unsaturated/α-hetero) is 2. The predicted octanol–water partition coefficient (Wildman–Crippen LogP) is -0.188. The Balaban J connectivity index is 1.93. The molecule has 0 spiro atoms. The van der Waals surface area contributed by atoms with Crippen LogP contribution < -0.4 is 11.5 Å². The summed E-state index contributed by atoms with van der Waals surface area (Å²) >= 11 is 0. The van der Waals surface area contributed by atoms with Gasteiger partial charge in [-0.25, -0.2) is 0 Å². The monoisotopic (exact) mass is 370 g/mol. The first-order valence-electron chi connectivity index (χ1n) is 8.51. The molecule has 0 aliphatic heterocycles. The molecule has 0 aromatic heterocycles. The molecule has 3 aliphatic carbocycles. The Hall–Kier alpha value is -2.97. The van der Waals surface area contributed by atoms with E-state index in [9.17, 15) is 29.7 Å². The lowest BCUT2D eigenvalue weighted by Gasteiger charge is -2.47. The zero-order valence-electron chi connectivity index (χ0n) is 14.2. The predicted molar refractivity (Wildman–Crippen MR) is 92.5 cm³/mol. The number of allylic oxidation sites excluding steroid dienone is 1. The van der Waals surface area contributed by atoms with Crippen LogP contribution in [0.3, 0.4) is 0 Å². The molecule has 140 valence electrons. The van der Waals surface area contributed by atoms with Gasteiger partial charge in [-0.2, -0.15) is 0 Å². The second-order valence-electron chi connectivity index (χ2n) is 7.24. The highest BCUT2D eigenvalue weighted by atomic mass is 16.3. The lowest BCUT2D eigenvalue weighted by Crippen LogP contribution is -2.63. The molecule has 0 radical (unpaired) electrons. The fraction of sp³-hybridized carbons (Fsp3) is 0.316. The molecular formula is C19H18N2O6. The van der Waals surface area contributed by atoms with Crippen LogP contribution in [0.25, 0.3) is 0 Å². The summed E-state index contributed by atoms with van der Waals surface area (Å²) in [6.07, 6.45) is 0.501. The van der Waals surface area contributed by atoms with Crippen LogP contribution in [-0.2, 0) is 16.0 Å². The number of hydrogen-bond acceptors (Lipinski definition) is 7. The van der Waals surface area contributed by atoms with Gasteiger partial charge in [-0.15, -0.1) is 0 Å². The van der Waals surface area contributed by atoms with Gasteiger partial charge in [-0.05, 0) is 24.3 Å². The minimum atomic E-state index is -2.58. The number of nitrogens with two attached hydrogens (primary N) is 2. The fourth-order valence-corrected chi connectivity index (χ4v) is 4.56. The smallest absolute Gasteiger partial charge is 0.255 e. The van der Waals surface area contributed by atoms with E-state index in [0.29, 0.717) is 12.0 Å². The zero-order valence-corrected chi connectivity index (χ0v) is 14.2. The van der Waals surface area contributed by atoms with Crippen molar-refractivity contribution in [1.82, 2.24) is 0 Å². The Labute approximate surface area is 153 Å². The van der Waals surface area contributed by atoms with Crippen molar-refractivity contribution < 1.29 is 29.7 Å². The third-order valence-electron chi connectivity index (χ3n) is 5.90. The van der Waals surface area contributed by atoms with E-state index in [0.717, 1.165) is 5.56 Å². The first-order valence-corrected chi connectivity index (χ1v) is 8.51. The first-order chi connectivity index (χ1) is 12.7. The summed E-state index contributed by atoms with van der Waals surface area (Å²) in [5, 5.41) is 32.1. The number of aliphatic hydroxyl groups excluding tert-OH is 2. The van der Waals surface area contributed by atoms with Crippen LogP contribution in [0.1, 0.15) is 22.3 Å². The molecule has 4 atom stereocenters. The summed E-state index contributed by atoms with van der Waals surface area (Å²) in [6.45, 7) is 0. The van der Waals surface area contributed by atoms with Gasteiger partial charge in [0.2, 0.25) is 5.78 Å². The van der Waals surface area contributed by atoms with E-state index in [1.54, 1.807) is 24.3 Å². The Morgan fingerprint density at radius 1 is 1.19 bits per heavy atom. The van der Waals surface area contributed by atoms with Crippen LogP contribution in [0.5, 0.6) is 0 Å². The summed E-state index contributed by atoms with van der Waals surface area (Å²) in [5.41, 5.74) is 8.82. The first kappa shape index (κ1) is 17.4. The van der Waals surface area contributed by atoms with Gasteiger partial charge in [0, 0.05) is 17.1 Å². The average Bonchev–Trinajstić information content (AvgIpc) is 2.62. The molecular weight excluding hydrogens is 352 g/mol. The van der Waals surface area contributed by atoms with Crippen molar-refractivity contribution in [2.45, 2.75) is 24.5 Å². The highest BCUT2D eigenvalue weighted by Crippen LogP contribution is 2.50. The van der Waals surface area contributed by atoms with E-state index in [-0.39, 0.29) is 12.0 Å². The topological polar surface area (TPSA) is 164 Å². The van der Waals surface area contributed by atoms with E-state index in [4.69, 9.17) is 11.5 Å². The average molecular weight is 370 g/mol. The number of hydrogen-bond donors (Lipinski definition) is 5. The maximum absolute atomic E-state index is 12.9. The number of carbonyl (C=O) groups excluding carboxylic acids is 3. The van der Waals surface area contributed by atoms with Crippen molar-refractivity contribution in [3.63, 3.8) is 0 Å². The molecule has 1 amide bonds. The molecule has 8 heteroatoms. The standard InChI is InChI=1S/C19H18N2O6/c20-13-10-6-8-5-7-3-1-2-4-9(7)14(22)11(8)16(24)19(10,27)17(25)12(15(13)23)18(21)26/h1-4,8,10,13,23-24,27H,5-6,20H2,(H2,21,26)/t8-,10-,13-,19-/m0/s1. The van der Waals surface area contributed by atoms with E-state index in [2.05, 4.69) is 0 Å².